The molecule has 12 heteroatoms. The minimum atomic E-state index is -4.83. The van der Waals surface area contributed by atoms with Crippen LogP contribution in [0, 0.1) is 0 Å². The lowest BCUT2D eigenvalue weighted by Crippen LogP contribution is -2.08. The van der Waals surface area contributed by atoms with E-state index in [0.717, 1.165) is 25.3 Å². The molecule has 0 aliphatic carbocycles. The second kappa shape index (κ2) is 6.57. The first-order valence-electron chi connectivity index (χ1n) is 6.60. The van der Waals surface area contributed by atoms with Crippen LogP contribution in [0.2, 0.25) is 0 Å². The number of hydrogen-bond donors (Lipinski definition) is 4. The molecule has 0 fully saturated rings. The normalized spacial score (nSPS) is 12.0. The van der Waals surface area contributed by atoms with Crippen LogP contribution in [0.1, 0.15) is 15.9 Å². The maximum atomic E-state index is 12.5. The van der Waals surface area contributed by atoms with Crippen LogP contribution >= 0.6 is 0 Å². The molecule has 0 bridgehead atoms. The summed E-state index contributed by atoms with van der Waals surface area (Å²) in [6.07, 6.45) is 0. The molecule has 4 N–H and O–H groups in total. The highest BCUT2D eigenvalue weighted by atomic mass is 32.2. The molecule has 2 aromatic rings. The Balaban J connectivity index is 2.72. The van der Waals surface area contributed by atoms with Crippen LogP contribution < -0.4 is 4.74 Å². The number of ether oxygens (including phenoxy) is 1. The van der Waals surface area contributed by atoms with E-state index in [2.05, 4.69) is 0 Å². The monoisotopic (exact) mass is 404 g/mol. The minimum Gasteiger partial charge on any atom is -0.507 e. The topological polar surface area (TPSA) is 176 Å². The number of methoxy groups -OCH3 is 1. The predicted octanol–water partition coefficient (Wildman–Crippen LogP) is 0.831. The van der Waals surface area contributed by atoms with Gasteiger partial charge < -0.3 is 14.9 Å². The fourth-order valence-corrected chi connectivity index (χ4v) is 3.26. The van der Waals surface area contributed by atoms with Gasteiger partial charge >= 0.3 is 0 Å². The minimum absolute atomic E-state index is 0.447. The van der Waals surface area contributed by atoms with Gasteiger partial charge in [-0.25, -0.2) is 0 Å². The standard InChI is InChI=1S/C14H12O10S2/c1-24-12-6-11(16)9(5-13(12)26(21,22)23)14(17)8-4-7(25(18,19)20)2-3-10(8)15/h2-6,15-16H,1H3,(H,18,19,20)(H,21,22,23). The van der Waals surface area contributed by atoms with Gasteiger partial charge in [-0.1, -0.05) is 0 Å². The Morgan fingerprint density at radius 3 is 1.96 bits per heavy atom. The van der Waals surface area contributed by atoms with E-state index in [1.54, 1.807) is 0 Å². The third kappa shape index (κ3) is 3.77. The highest BCUT2D eigenvalue weighted by molar-refractivity contribution is 7.86. The Kier molecular flexibility index (Phi) is 4.96. The van der Waals surface area contributed by atoms with Gasteiger partial charge in [0.1, 0.15) is 22.1 Å². The van der Waals surface area contributed by atoms with Crippen molar-refractivity contribution in [2.45, 2.75) is 9.79 Å². The van der Waals surface area contributed by atoms with Crippen molar-refractivity contribution < 1.29 is 45.7 Å². The average molecular weight is 404 g/mol. The fraction of sp³-hybridized carbons (Fsp3) is 0.0714. The number of carbonyl (C=O) groups excluding carboxylic acids is 1. The van der Waals surface area contributed by atoms with Crippen molar-refractivity contribution >= 4 is 26.0 Å². The average Bonchev–Trinajstić information content (AvgIpc) is 2.52. The van der Waals surface area contributed by atoms with Gasteiger partial charge in [0.15, 0.2) is 0 Å². The second-order valence-electron chi connectivity index (χ2n) is 4.98. The van der Waals surface area contributed by atoms with Gasteiger partial charge in [-0.2, -0.15) is 16.8 Å². The molecule has 140 valence electrons. The Morgan fingerprint density at radius 2 is 1.46 bits per heavy atom. The highest BCUT2D eigenvalue weighted by Gasteiger charge is 2.25. The summed E-state index contributed by atoms with van der Waals surface area (Å²) in [4.78, 5) is 11.0. The maximum absolute atomic E-state index is 12.5. The lowest BCUT2D eigenvalue weighted by molar-refractivity contribution is 0.103. The summed E-state index contributed by atoms with van der Waals surface area (Å²) in [6, 6.07) is 3.65. The maximum Gasteiger partial charge on any atom is 0.298 e. The number of phenolic OH excluding ortho intramolecular Hbond substituents is 2. The summed E-state index contributed by atoms with van der Waals surface area (Å²) in [5.41, 5.74) is -1.30. The van der Waals surface area contributed by atoms with Gasteiger partial charge in [-0.3, -0.25) is 13.9 Å². The third-order valence-corrected chi connectivity index (χ3v) is 5.04. The highest BCUT2D eigenvalue weighted by Crippen LogP contribution is 2.34. The van der Waals surface area contributed by atoms with Crippen molar-refractivity contribution in [3.8, 4) is 17.2 Å². The molecule has 0 aliphatic heterocycles. The van der Waals surface area contributed by atoms with E-state index in [0.29, 0.717) is 12.1 Å². The second-order valence-corrected chi connectivity index (χ2v) is 7.79. The van der Waals surface area contributed by atoms with Gasteiger partial charge in [-0.05, 0) is 24.3 Å². The van der Waals surface area contributed by atoms with Crippen molar-refractivity contribution in [2.24, 2.45) is 0 Å². The lowest BCUT2D eigenvalue weighted by Gasteiger charge is -2.11. The van der Waals surface area contributed by atoms with Gasteiger partial charge in [0.2, 0.25) is 5.78 Å². The molecule has 0 heterocycles. The molecule has 0 spiro atoms. The van der Waals surface area contributed by atoms with Crippen LogP contribution in [0.25, 0.3) is 0 Å². The van der Waals surface area contributed by atoms with Crippen molar-refractivity contribution in [3.63, 3.8) is 0 Å². The molecule has 2 aromatic carbocycles. The van der Waals surface area contributed by atoms with E-state index in [1.807, 2.05) is 0 Å². The molecule has 0 saturated carbocycles. The van der Waals surface area contributed by atoms with Crippen LogP contribution in [0.5, 0.6) is 17.2 Å². The molecule has 10 nitrogen and oxygen atoms in total. The van der Waals surface area contributed by atoms with Crippen molar-refractivity contribution in [2.75, 3.05) is 7.11 Å². The van der Waals surface area contributed by atoms with E-state index >= 15 is 0 Å². The largest absolute Gasteiger partial charge is 0.507 e. The van der Waals surface area contributed by atoms with E-state index in [9.17, 15) is 36.4 Å². The number of rotatable bonds is 5. The van der Waals surface area contributed by atoms with Crippen molar-refractivity contribution in [1.82, 2.24) is 0 Å². The van der Waals surface area contributed by atoms with Gasteiger partial charge in [0, 0.05) is 6.07 Å². The zero-order chi connectivity index (χ0) is 19.9. The quantitative estimate of drug-likeness (QED) is 0.412. The number of hydrogen-bond acceptors (Lipinski definition) is 8. The smallest absolute Gasteiger partial charge is 0.298 e. The molecule has 0 atom stereocenters. The summed E-state index contributed by atoms with van der Waals surface area (Å²) >= 11 is 0. The predicted molar refractivity (Wildman–Crippen MR) is 85.8 cm³/mol. The van der Waals surface area contributed by atoms with Crippen LogP contribution in [0.4, 0.5) is 0 Å². The number of carbonyl (C=O) groups is 1. The summed E-state index contributed by atoms with van der Waals surface area (Å²) in [6.45, 7) is 0. The molecule has 0 radical (unpaired) electrons. The molecule has 0 amide bonds. The summed E-state index contributed by atoms with van der Waals surface area (Å²) in [7, 11) is -8.46. The SMILES string of the molecule is COc1cc(O)c(C(=O)c2cc(S(=O)(=O)O)ccc2O)cc1S(=O)(=O)O. The first kappa shape index (κ1) is 19.7. The van der Waals surface area contributed by atoms with E-state index < -0.39 is 64.2 Å². The lowest BCUT2D eigenvalue weighted by atomic mass is 10.0. The van der Waals surface area contributed by atoms with Crippen LogP contribution in [0.3, 0.4) is 0 Å². The zero-order valence-corrected chi connectivity index (χ0v) is 14.6. The van der Waals surface area contributed by atoms with E-state index in [-0.39, 0.29) is 0 Å². The molecular weight excluding hydrogens is 392 g/mol. The van der Waals surface area contributed by atoms with Crippen LogP contribution in [0.15, 0.2) is 40.1 Å². The molecule has 0 aliphatic rings. The number of phenols is 2. The Labute approximate surface area is 147 Å². The Hall–Kier alpha value is -2.67. The van der Waals surface area contributed by atoms with Crippen LogP contribution in [-0.2, 0) is 20.2 Å². The molecule has 0 aromatic heterocycles. The number of ketones is 1. The van der Waals surface area contributed by atoms with Crippen molar-refractivity contribution in [3.05, 3.63) is 41.5 Å². The van der Waals surface area contributed by atoms with Gasteiger partial charge in [0.05, 0.1) is 23.1 Å². The first-order chi connectivity index (χ1) is 11.9. The zero-order valence-electron chi connectivity index (χ0n) is 12.9. The van der Waals surface area contributed by atoms with E-state index in [4.69, 9.17) is 9.29 Å². The van der Waals surface area contributed by atoms with Gasteiger partial charge in [0.25, 0.3) is 20.2 Å². The van der Waals surface area contributed by atoms with Crippen LogP contribution in [-0.4, -0.2) is 49.0 Å². The third-order valence-electron chi connectivity index (χ3n) is 3.31. The summed E-state index contributed by atoms with van der Waals surface area (Å²) in [5.74, 6) is -3.06. The first-order valence-corrected chi connectivity index (χ1v) is 9.48. The number of benzene rings is 2. The van der Waals surface area contributed by atoms with Gasteiger partial charge in [-0.15, -0.1) is 0 Å². The van der Waals surface area contributed by atoms with E-state index in [1.165, 1.54) is 0 Å². The fourth-order valence-electron chi connectivity index (χ4n) is 2.09. The Bertz CT molecular complexity index is 1100. The summed E-state index contributed by atoms with van der Waals surface area (Å²) < 4.78 is 68.1. The molecule has 0 unspecified atom stereocenters. The van der Waals surface area contributed by atoms with Crippen molar-refractivity contribution in [1.29, 1.82) is 0 Å². The molecule has 2 rings (SSSR count). The molecule has 0 saturated heterocycles. The Morgan fingerprint density at radius 1 is 0.885 bits per heavy atom. The summed E-state index contributed by atoms with van der Waals surface area (Å²) in [5, 5.41) is 19.7. The molecule has 26 heavy (non-hydrogen) atoms. The number of aromatic hydroxyl groups is 2. The molecular formula is C14H12O10S2.